The SMILES string of the molecule is C=CCNCCC(N)O. The molecule has 0 aliphatic rings. The van der Waals surface area contributed by atoms with Crippen molar-refractivity contribution in [3.63, 3.8) is 0 Å². The molecule has 4 N–H and O–H groups in total. The largest absolute Gasteiger partial charge is 0.379 e. The maximum atomic E-state index is 8.56. The average molecular weight is 130 g/mol. The molecule has 0 fully saturated rings. The van der Waals surface area contributed by atoms with Crippen molar-refractivity contribution in [1.82, 2.24) is 5.32 Å². The number of hydrogen-bond acceptors (Lipinski definition) is 3. The first-order chi connectivity index (χ1) is 4.27. The summed E-state index contributed by atoms with van der Waals surface area (Å²) in [5.74, 6) is 0. The van der Waals surface area contributed by atoms with Crippen molar-refractivity contribution in [2.45, 2.75) is 12.6 Å². The first kappa shape index (κ1) is 8.62. The summed E-state index contributed by atoms with van der Waals surface area (Å²) in [6.07, 6.45) is 1.67. The minimum absolute atomic E-state index is 0.591. The number of nitrogens with two attached hydrogens (primary N) is 1. The Bertz CT molecular complexity index is 73.5. The maximum Gasteiger partial charge on any atom is 0.103 e. The van der Waals surface area contributed by atoms with Gasteiger partial charge in [0, 0.05) is 6.54 Å². The van der Waals surface area contributed by atoms with Crippen LogP contribution in [0.2, 0.25) is 0 Å². The van der Waals surface area contributed by atoms with Gasteiger partial charge in [0.05, 0.1) is 0 Å². The van der Waals surface area contributed by atoms with Crippen LogP contribution in [0.1, 0.15) is 6.42 Å². The van der Waals surface area contributed by atoms with E-state index >= 15 is 0 Å². The Balaban J connectivity index is 2.82. The second-order valence-corrected chi connectivity index (χ2v) is 1.85. The summed E-state index contributed by atoms with van der Waals surface area (Å²) < 4.78 is 0. The zero-order valence-electron chi connectivity index (χ0n) is 5.51. The van der Waals surface area contributed by atoms with Crippen LogP contribution in [0.4, 0.5) is 0 Å². The topological polar surface area (TPSA) is 58.3 Å². The number of hydrogen-bond donors (Lipinski definition) is 3. The Kier molecular flexibility index (Phi) is 5.51. The molecule has 9 heavy (non-hydrogen) atoms. The summed E-state index contributed by atoms with van der Waals surface area (Å²) in [5, 5.41) is 11.6. The summed E-state index contributed by atoms with van der Waals surface area (Å²) in [6, 6.07) is 0. The second-order valence-electron chi connectivity index (χ2n) is 1.85. The van der Waals surface area contributed by atoms with Crippen molar-refractivity contribution in [2.24, 2.45) is 5.73 Å². The van der Waals surface area contributed by atoms with Crippen LogP contribution in [-0.2, 0) is 0 Å². The molecule has 3 heteroatoms. The van der Waals surface area contributed by atoms with E-state index in [1.54, 1.807) is 6.08 Å². The van der Waals surface area contributed by atoms with Crippen LogP contribution >= 0.6 is 0 Å². The summed E-state index contributed by atoms with van der Waals surface area (Å²) in [5.41, 5.74) is 5.06. The lowest BCUT2D eigenvalue weighted by Crippen LogP contribution is -2.25. The molecule has 0 radical (unpaired) electrons. The van der Waals surface area contributed by atoms with Gasteiger partial charge < -0.3 is 16.2 Å². The highest BCUT2D eigenvalue weighted by Crippen LogP contribution is 1.77. The Morgan fingerprint density at radius 1 is 1.78 bits per heavy atom. The van der Waals surface area contributed by atoms with E-state index in [1.165, 1.54) is 0 Å². The third kappa shape index (κ3) is 7.62. The van der Waals surface area contributed by atoms with Crippen LogP contribution in [0.3, 0.4) is 0 Å². The second kappa shape index (κ2) is 5.75. The van der Waals surface area contributed by atoms with Gasteiger partial charge in [-0.25, -0.2) is 0 Å². The predicted molar refractivity (Wildman–Crippen MR) is 37.9 cm³/mol. The van der Waals surface area contributed by atoms with Gasteiger partial charge in [-0.2, -0.15) is 0 Å². The molecule has 0 aromatic rings. The van der Waals surface area contributed by atoms with Gasteiger partial charge in [0.25, 0.3) is 0 Å². The number of aliphatic hydroxyl groups excluding tert-OH is 1. The first-order valence-corrected chi connectivity index (χ1v) is 3.02. The fourth-order valence-corrected chi connectivity index (χ4v) is 0.454. The van der Waals surface area contributed by atoms with Crippen LogP contribution < -0.4 is 11.1 Å². The fraction of sp³-hybridized carbons (Fsp3) is 0.667. The molecule has 0 amide bonds. The van der Waals surface area contributed by atoms with Gasteiger partial charge in [-0.15, -0.1) is 6.58 Å². The lowest BCUT2D eigenvalue weighted by atomic mass is 10.4. The van der Waals surface area contributed by atoms with Gasteiger partial charge in [-0.05, 0) is 13.0 Å². The molecular weight excluding hydrogens is 116 g/mol. The zero-order chi connectivity index (χ0) is 7.11. The Morgan fingerprint density at radius 2 is 2.44 bits per heavy atom. The summed E-state index contributed by atoms with van der Waals surface area (Å²) >= 11 is 0. The third-order valence-corrected chi connectivity index (χ3v) is 0.906. The van der Waals surface area contributed by atoms with Gasteiger partial charge in [-0.1, -0.05) is 6.08 Å². The van der Waals surface area contributed by atoms with E-state index in [2.05, 4.69) is 11.9 Å². The van der Waals surface area contributed by atoms with E-state index in [-0.39, 0.29) is 0 Å². The highest BCUT2D eigenvalue weighted by Gasteiger charge is 1.91. The predicted octanol–water partition coefficient (Wildman–Crippen LogP) is -0.571. The average Bonchev–Trinajstić information content (AvgIpc) is 1.80. The van der Waals surface area contributed by atoms with E-state index in [9.17, 15) is 0 Å². The molecule has 0 aromatic heterocycles. The van der Waals surface area contributed by atoms with Gasteiger partial charge in [0.2, 0.25) is 0 Å². The monoisotopic (exact) mass is 130 g/mol. The van der Waals surface area contributed by atoms with E-state index in [0.29, 0.717) is 6.42 Å². The van der Waals surface area contributed by atoms with Crippen LogP contribution in [0.25, 0.3) is 0 Å². The van der Waals surface area contributed by atoms with E-state index < -0.39 is 6.23 Å². The molecule has 3 nitrogen and oxygen atoms in total. The third-order valence-electron chi connectivity index (χ3n) is 0.906. The molecule has 1 atom stereocenters. The van der Waals surface area contributed by atoms with Crippen LogP contribution in [-0.4, -0.2) is 24.4 Å². The van der Waals surface area contributed by atoms with Gasteiger partial charge >= 0.3 is 0 Å². The van der Waals surface area contributed by atoms with Crippen molar-refractivity contribution in [3.05, 3.63) is 12.7 Å². The van der Waals surface area contributed by atoms with Crippen molar-refractivity contribution in [2.75, 3.05) is 13.1 Å². The Labute approximate surface area is 55.6 Å². The molecule has 0 aliphatic heterocycles. The smallest absolute Gasteiger partial charge is 0.103 e. The maximum absolute atomic E-state index is 8.56. The van der Waals surface area contributed by atoms with Crippen LogP contribution in [0.15, 0.2) is 12.7 Å². The standard InChI is InChI=1S/C6H14N2O/c1-2-4-8-5-3-6(7)9/h2,6,8-9H,1,3-5,7H2. The molecule has 54 valence electrons. The van der Waals surface area contributed by atoms with E-state index in [4.69, 9.17) is 10.8 Å². The summed E-state index contributed by atoms with van der Waals surface area (Å²) in [4.78, 5) is 0. The minimum Gasteiger partial charge on any atom is -0.379 e. The van der Waals surface area contributed by atoms with Gasteiger partial charge in [-0.3, -0.25) is 0 Å². The number of nitrogens with one attached hydrogen (secondary N) is 1. The minimum atomic E-state index is -0.692. The highest BCUT2D eigenvalue weighted by atomic mass is 16.3. The fourth-order valence-electron chi connectivity index (χ4n) is 0.454. The molecule has 0 saturated heterocycles. The molecule has 0 spiro atoms. The number of rotatable bonds is 5. The van der Waals surface area contributed by atoms with E-state index in [0.717, 1.165) is 13.1 Å². The highest BCUT2D eigenvalue weighted by molar-refractivity contribution is 4.69. The van der Waals surface area contributed by atoms with Gasteiger partial charge in [0.15, 0.2) is 0 Å². The van der Waals surface area contributed by atoms with Crippen molar-refractivity contribution >= 4 is 0 Å². The van der Waals surface area contributed by atoms with Crippen molar-refractivity contribution in [1.29, 1.82) is 0 Å². The molecule has 0 aromatic carbocycles. The lowest BCUT2D eigenvalue weighted by molar-refractivity contribution is 0.172. The summed E-state index contributed by atoms with van der Waals surface area (Å²) in [7, 11) is 0. The lowest BCUT2D eigenvalue weighted by Gasteiger charge is -2.02. The van der Waals surface area contributed by atoms with Crippen molar-refractivity contribution in [3.8, 4) is 0 Å². The number of aliphatic hydroxyl groups is 1. The quantitative estimate of drug-likeness (QED) is 0.265. The first-order valence-electron chi connectivity index (χ1n) is 3.02. The van der Waals surface area contributed by atoms with Crippen LogP contribution in [0, 0.1) is 0 Å². The molecule has 0 aliphatic carbocycles. The molecular formula is C6H14N2O. The molecule has 0 saturated carbocycles. The molecule has 0 heterocycles. The Morgan fingerprint density at radius 3 is 2.89 bits per heavy atom. The Hall–Kier alpha value is -0.380. The van der Waals surface area contributed by atoms with Crippen molar-refractivity contribution < 1.29 is 5.11 Å². The van der Waals surface area contributed by atoms with Gasteiger partial charge in [0.1, 0.15) is 6.23 Å². The molecule has 0 rings (SSSR count). The van der Waals surface area contributed by atoms with E-state index in [1.807, 2.05) is 0 Å². The molecule has 0 bridgehead atoms. The molecule has 1 unspecified atom stereocenters. The van der Waals surface area contributed by atoms with Crippen LogP contribution in [0.5, 0.6) is 0 Å². The summed E-state index contributed by atoms with van der Waals surface area (Å²) in [6.45, 7) is 5.03. The zero-order valence-corrected chi connectivity index (χ0v) is 5.51. The normalized spacial score (nSPS) is 13.1.